The number of quaternary nitrogens is 1. The molecule has 2 saturated heterocycles. The van der Waals surface area contributed by atoms with Crippen LogP contribution in [0.4, 0.5) is 0 Å². The van der Waals surface area contributed by atoms with Crippen molar-refractivity contribution < 1.29 is 25.2 Å². The molecule has 0 aromatic heterocycles. The van der Waals surface area contributed by atoms with E-state index in [1.54, 1.807) is 17.0 Å². The van der Waals surface area contributed by atoms with E-state index in [0.29, 0.717) is 12.1 Å². The maximum absolute atomic E-state index is 12.5. The number of carboxylic acid groups (broad SMARTS) is 1. The molecule has 3 N–H and O–H groups in total. The molecular formula is C17H24N4O4. The highest BCUT2D eigenvalue weighted by molar-refractivity contribution is 5.97. The zero-order valence-electron chi connectivity index (χ0n) is 14.4. The number of rotatable bonds is 3. The first-order valence-corrected chi connectivity index (χ1v) is 8.28. The van der Waals surface area contributed by atoms with E-state index in [2.05, 4.69) is 10.6 Å². The minimum atomic E-state index is -1.08. The van der Waals surface area contributed by atoms with Crippen molar-refractivity contribution in [1.82, 2.24) is 14.7 Å². The lowest BCUT2D eigenvalue weighted by molar-refractivity contribution is -0.369. The van der Waals surface area contributed by atoms with E-state index in [4.69, 9.17) is 9.90 Å². The van der Waals surface area contributed by atoms with Crippen molar-refractivity contribution in [2.75, 3.05) is 39.3 Å². The van der Waals surface area contributed by atoms with E-state index < -0.39 is 5.97 Å². The van der Waals surface area contributed by atoms with Crippen LogP contribution in [0.3, 0.4) is 0 Å². The average Bonchev–Trinajstić information content (AvgIpc) is 2.98. The molecule has 2 aliphatic rings. The summed E-state index contributed by atoms with van der Waals surface area (Å²) in [5, 5.41) is 8.89. The molecule has 2 amide bonds. The Balaban J connectivity index is 0.000000511. The number of fused-ring (bicyclic) bond motifs is 1. The van der Waals surface area contributed by atoms with Crippen LogP contribution in [-0.2, 0) is 9.59 Å². The van der Waals surface area contributed by atoms with Gasteiger partial charge in [-0.1, -0.05) is 18.2 Å². The fourth-order valence-corrected chi connectivity index (χ4v) is 3.13. The van der Waals surface area contributed by atoms with Gasteiger partial charge in [0.1, 0.15) is 12.7 Å². The zero-order valence-corrected chi connectivity index (χ0v) is 14.4. The van der Waals surface area contributed by atoms with Crippen LogP contribution in [0.1, 0.15) is 17.3 Å². The van der Waals surface area contributed by atoms with E-state index >= 15 is 0 Å². The van der Waals surface area contributed by atoms with Gasteiger partial charge in [-0.2, -0.15) is 0 Å². The second-order valence-electron chi connectivity index (χ2n) is 6.00. The van der Waals surface area contributed by atoms with E-state index in [9.17, 15) is 9.59 Å². The highest BCUT2D eigenvalue weighted by Crippen LogP contribution is 2.21. The monoisotopic (exact) mass is 348 g/mol. The van der Waals surface area contributed by atoms with Crippen LogP contribution in [0.15, 0.2) is 30.3 Å². The number of amides is 2. The molecule has 136 valence electrons. The van der Waals surface area contributed by atoms with Gasteiger partial charge in [0.2, 0.25) is 5.91 Å². The fourth-order valence-electron chi connectivity index (χ4n) is 3.13. The van der Waals surface area contributed by atoms with E-state index in [0.717, 1.165) is 33.1 Å². The largest absolute Gasteiger partial charge is 0.550 e. The van der Waals surface area contributed by atoms with Crippen molar-refractivity contribution in [2.45, 2.75) is 13.1 Å². The Hall–Kier alpha value is -2.45. The first-order valence-electron chi connectivity index (χ1n) is 8.28. The van der Waals surface area contributed by atoms with Gasteiger partial charge in [0.05, 0.1) is 13.1 Å². The minimum absolute atomic E-state index is 0.0145. The van der Waals surface area contributed by atoms with Crippen molar-refractivity contribution in [3.05, 3.63) is 35.9 Å². The molecule has 0 radical (unpaired) electrons. The second kappa shape index (κ2) is 8.59. The standard InChI is InChI=1S/C15H20N4O2.C2H4O2/c16-6-7-17-8-9-19-13(17)10-18(11-14(19)20)15(21)12-4-2-1-3-5-12;1-2(3)4/h1-5,13H,6-11,16H2;1H3,(H,3,4). The van der Waals surface area contributed by atoms with Crippen LogP contribution in [0.2, 0.25) is 0 Å². The Morgan fingerprint density at radius 1 is 1.24 bits per heavy atom. The smallest absolute Gasteiger partial charge is 0.254 e. The average molecular weight is 348 g/mol. The Labute approximate surface area is 146 Å². The van der Waals surface area contributed by atoms with Crippen LogP contribution in [0.25, 0.3) is 0 Å². The molecule has 0 spiro atoms. The molecular weight excluding hydrogens is 324 g/mol. The molecule has 8 heteroatoms. The topological polar surface area (TPSA) is 112 Å². The fraction of sp³-hybridized carbons (Fsp3) is 0.471. The van der Waals surface area contributed by atoms with Crippen LogP contribution < -0.4 is 10.8 Å². The number of carboxylic acids is 1. The first kappa shape index (κ1) is 18.9. The van der Waals surface area contributed by atoms with Gasteiger partial charge in [-0.15, -0.1) is 0 Å². The molecule has 0 saturated carbocycles. The zero-order chi connectivity index (χ0) is 18.4. The maximum atomic E-state index is 12.5. The Bertz CT molecular complexity index is 618. The Morgan fingerprint density at radius 2 is 1.88 bits per heavy atom. The summed E-state index contributed by atoms with van der Waals surface area (Å²) in [7, 11) is 0. The predicted molar refractivity (Wildman–Crippen MR) is 87.9 cm³/mol. The number of nitrogens with zero attached hydrogens (tertiary/aromatic N) is 3. The quantitative estimate of drug-likeness (QED) is 0.655. The van der Waals surface area contributed by atoms with E-state index in [-0.39, 0.29) is 24.5 Å². The summed E-state index contributed by atoms with van der Waals surface area (Å²) in [6.07, 6.45) is 0.0145. The molecule has 2 fully saturated rings. The summed E-state index contributed by atoms with van der Waals surface area (Å²) in [5.41, 5.74) is 4.52. The summed E-state index contributed by atoms with van der Waals surface area (Å²) in [6, 6.07) is 9.15. The lowest BCUT2D eigenvalue weighted by Crippen LogP contribution is -2.61. The highest BCUT2D eigenvalue weighted by Gasteiger charge is 2.41. The van der Waals surface area contributed by atoms with Gasteiger partial charge in [-0.05, 0) is 19.1 Å². The maximum Gasteiger partial charge on any atom is 0.254 e. The van der Waals surface area contributed by atoms with Gasteiger partial charge >= 0.3 is 0 Å². The summed E-state index contributed by atoms with van der Waals surface area (Å²) < 4.78 is 0. The van der Waals surface area contributed by atoms with Crippen molar-refractivity contribution in [3.8, 4) is 0 Å². The first-order chi connectivity index (χ1) is 11.9. The van der Waals surface area contributed by atoms with Gasteiger partial charge in [-0.3, -0.25) is 14.5 Å². The molecule has 1 unspecified atom stereocenters. The molecule has 2 aliphatic heterocycles. The summed E-state index contributed by atoms with van der Waals surface area (Å²) in [5.74, 6) is -1.10. The number of benzene rings is 1. The van der Waals surface area contributed by atoms with Crippen LogP contribution in [0, 0.1) is 0 Å². The lowest BCUT2D eigenvalue weighted by Gasteiger charge is -2.39. The second-order valence-corrected chi connectivity index (χ2v) is 6.00. The predicted octanol–water partition coefficient (Wildman–Crippen LogP) is -2.39. The van der Waals surface area contributed by atoms with Gasteiger partial charge in [0, 0.05) is 31.2 Å². The molecule has 0 bridgehead atoms. The van der Waals surface area contributed by atoms with Gasteiger partial charge in [0.25, 0.3) is 5.91 Å². The molecule has 1 aromatic rings. The SMILES string of the molecule is CC(=O)[O-].[NH3+]CCN1CCN2C(=O)CN(C(=O)c3ccccc3)CC12. The van der Waals surface area contributed by atoms with Crippen LogP contribution >= 0.6 is 0 Å². The van der Waals surface area contributed by atoms with Gasteiger partial charge < -0.3 is 25.4 Å². The molecule has 3 rings (SSSR count). The van der Waals surface area contributed by atoms with E-state index in [1.165, 1.54) is 0 Å². The highest BCUT2D eigenvalue weighted by atomic mass is 16.4. The number of carbonyl (C=O) groups excluding carboxylic acids is 3. The molecule has 1 aromatic carbocycles. The number of hydrogen-bond donors (Lipinski definition) is 1. The summed E-state index contributed by atoms with van der Waals surface area (Å²) in [4.78, 5) is 39.5. The van der Waals surface area contributed by atoms with E-state index in [1.807, 2.05) is 23.1 Å². The van der Waals surface area contributed by atoms with Crippen molar-refractivity contribution >= 4 is 17.8 Å². The molecule has 2 heterocycles. The minimum Gasteiger partial charge on any atom is -0.550 e. The van der Waals surface area contributed by atoms with Crippen LogP contribution in [0.5, 0.6) is 0 Å². The third kappa shape index (κ3) is 4.77. The molecule has 8 nitrogen and oxygen atoms in total. The van der Waals surface area contributed by atoms with Crippen molar-refractivity contribution in [3.63, 3.8) is 0 Å². The van der Waals surface area contributed by atoms with Gasteiger partial charge in [-0.25, -0.2) is 0 Å². The van der Waals surface area contributed by atoms with Gasteiger partial charge in [0.15, 0.2) is 0 Å². The Morgan fingerprint density at radius 3 is 2.48 bits per heavy atom. The third-order valence-corrected chi connectivity index (χ3v) is 4.19. The number of hydrogen-bond acceptors (Lipinski definition) is 5. The van der Waals surface area contributed by atoms with Crippen molar-refractivity contribution in [2.24, 2.45) is 0 Å². The lowest BCUT2D eigenvalue weighted by atomic mass is 10.1. The third-order valence-electron chi connectivity index (χ3n) is 4.19. The molecule has 0 aliphatic carbocycles. The summed E-state index contributed by atoms with van der Waals surface area (Å²) >= 11 is 0. The van der Waals surface area contributed by atoms with Crippen molar-refractivity contribution in [1.29, 1.82) is 0 Å². The number of carbonyl (C=O) groups is 3. The molecule has 1 atom stereocenters. The Kier molecular flexibility index (Phi) is 6.49. The molecule has 25 heavy (non-hydrogen) atoms. The number of piperazine rings is 1. The number of aliphatic carboxylic acids is 1. The normalized spacial score (nSPS) is 19.9. The summed E-state index contributed by atoms with van der Waals surface area (Å²) in [6.45, 7) is 5.05. The van der Waals surface area contributed by atoms with Crippen LogP contribution in [-0.4, -0.2) is 77.9 Å².